The third-order valence-corrected chi connectivity index (χ3v) is 3.20. The summed E-state index contributed by atoms with van der Waals surface area (Å²) in [4.78, 5) is 0. The zero-order chi connectivity index (χ0) is 12.3. The van der Waals surface area contributed by atoms with Crippen LogP contribution in [-0.2, 0) is 6.54 Å². The molecule has 0 spiro atoms. The summed E-state index contributed by atoms with van der Waals surface area (Å²) in [5, 5.41) is 3.22. The summed E-state index contributed by atoms with van der Waals surface area (Å²) < 4.78 is 0. The maximum Gasteiger partial charge on any atom is 0.0208 e. The van der Waals surface area contributed by atoms with Gasteiger partial charge in [-0.25, -0.2) is 0 Å². The highest BCUT2D eigenvalue weighted by atomic mass is 14.8. The maximum atomic E-state index is 3.22. The molecule has 2 rings (SSSR count). The second-order valence-corrected chi connectivity index (χ2v) is 4.49. The third kappa shape index (κ3) is 2.56. The fourth-order valence-electron chi connectivity index (χ4n) is 2.06. The molecule has 0 aliphatic heterocycles. The number of hydrogen-bond acceptors (Lipinski definition) is 1. The summed E-state index contributed by atoms with van der Waals surface area (Å²) in [6, 6.07) is 15.2. The van der Waals surface area contributed by atoms with Gasteiger partial charge in [0.1, 0.15) is 0 Å². The molecule has 1 heteroatoms. The first kappa shape index (κ1) is 11.9. The first-order valence-corrected chi connectivity index (χ1v) is 6.02. The van der Waals surface area contributed by atoms with Crippen molar-refractivity contribution in [1.82, 2.24) is 5.32 Å². The van der Waals surface area contributed by atoms with Crippen molar-refractivity contribution < 1.29 is 0 Å². The lowest BCUT2D eigenvalue weighted by Crippen LogP contribution is -2.06. The van der Waals surface area contributed by atoms with Crippen molar-refractivity contribution in [3.8, 4) is 11.1 Å². The molecule has 1 nitrogen and oxygen atoms in total. The van der Waals surface area contributed by atoms with Crippen LogP contribution in [0.3, 0.4) is 0 Å². The van der Waals surface area contributed by atoms with Crippen molar-refractivity contribution in [1.29, 1.82) is 0 Å². The van der Waals surface area contributed by atoms with Crippen molar-refractivity contribution in [3.05, 3.63) is 59.2 Å². The van der Waals surface area contributed by atoms with Crippen LogP contribution < -0.4 is 5.32 Å². The minimum absolute atomic E-state index is 0.906. The van der Waals surface area contributed by atoms with E-state index in [1.807, 2.05) is 7.05 Å². The third-order valence-electron chi connectivity index (χ3n) is 3.20. The monoisotopic (exact) mass is 225 g/mol. The lowest BCUT2D eigenvalue weighted by Gasteiger charge is -2.11. The summed E-state index contributed by atoms with van der Waals surface area (Å²) in [6.07, 6.45) is 0. The van der Waals surface area contributed by atoms with Gasteiger partial charge in [-0.15, -0.1) is 0 Å². The molecule has 0 saturated heterocycles. The zero-order valence-electron chi connectivity index (χ0n) is 10.7. The molecular formula is C16H19N. The molecule has 0 aromatic heterocycles. The van der Waals surface area contributed by atoms with Crippen LogP contribution in [0.5, 0.6) is 0 Å². The van der Waals surface area contributed by atoms with E-state index in [0.717, 1.165) is 6.54 Å². The van der Waals surface area contributed by atoms with E-state index >= 15 is 0 Å². The predicted molar refractivity (Wildman–Crippen MR) is 74.1 cm³/mol. The Balaban J connectivity index is 2.48. The molecule has 0 radical (unpaired) electrons. The second kappa shape index (κ2) is 5.15. The van der Waals surface area contributed by atoms with E-state index in [2.05, 4.69) is 61.6 Å². The minimum atomic E-state index is 0.906. The summed E-state index contributed by atoms with van der Waals surface area (Å²) in [5.74, 6) is 0. The fourth-order valence-corrected chi connectivity index (χ4v) is 2.06. The van der Waals surface area contributed by atoms with Crippen LogP contribution in [-0.4, -0.2) is 7.05 Å². The first-order chi connectivity index (χ1) is 8.22. The molecule has 88 valence electrons. The van der Waals surface area contributed by atoms with Crippen molar-refractivity contribution in [2.24, 2.45) is 0 Å². The molecule has 0 atom stereocenters. The maximum absolute atomic E-state index is 3.22. The Bertz CT molecular complexity index is 515. The number of rotatable bonds is 3. The summed E-state index contributed by atoms with van der Waals surface area (Å²) in [7, 11) is 1.98. The van der Waals surface area contributed by atoms with Crippen molar-refractivity contribution in [2.45, 2.75) is 20.4 Å². The topological polar surface area (TPSA) is 12.0 Å². The fraction of sp³-hybridized carbons (Fsp3) is 0.250. The van der Waals surface area contributed by atoms with Gasteiger partial charge in [0.15, 0.2) is 0 Å². The van der Waals surface area contributed by atoms with E-state index in [-0.39, 0.29) is 0 Å². The Hall–Kier alpha value is -1.60. The van der Waals surface area contributed by atoms with E-state index in [1.54, 1.807) is 0 Å². The molecule has 0 aliphatic carbocycles. The lowest BCUT2D eigenvalue weighted by molar-refractivity contribution is 0.819. The number of aryl methyl sites for hydroxylation is 2. The Kier molecular flexibility index (Phi) is 3.60. The quantitative estimate of drug-likeness (QED) is 0.840. The smallest absolute Gasteiger partial charge is 0.0208 e. The lowest BCUT2D eigenvalue weighted by atomic mass is 9.96. The van der Waals surface area contributed by atoms with Gasteiger partial charge in [0.05, 0.1) is 0 Å². The van der Waals surface area contributed by atoms with E-state index < -0.39 is 0 Å². The zero-order valence-corrected chi connectivity index (χ0v) is 10.7. The molecule has 2 aromatic carbocycles. The van der Waals surface area contributed by atoms with Gasteiger partial charge in [-0.3, -0.25) is 0 Å². The summed E-state index contributed by atoms with van der Waals surface area (Å²) in [5.41, 5.74) is 6.67. The highest BCUT2D eigenvalue weighted by molar-refractivity contribution is 5.68. The molecule has 0 fully saturated rings. The van der Waals surface area contributed by atoms with Gasteiger partial charge in [0.25, 0.3) is 0 Å². The Morgan fingerprint density at radius 1 is 0.941 bits per heavy atom. The van der Waals surface area contributed by atoms with Gasteiger partial charge in [0.2, 0.25) is 0 Å². The van der Waals surface area contributed by atoms with Gasteiger partial charge in [-0.05, 0) is 48.7 Å². The van der Waals surface area contributed by atoms with E-state index in [4.69, 9.17) is 0 Å². The number of benzene rings is 2. The minimum Gasteiger partial charge on any atom is -0.316 e. The largest absolute Gasteiger partial charge is 0.316 e. The molecule has 0 amide bonds. The van der Waals surface area contributed by atoms with Crippen LogP contribution in [0, 0.1) is 13.8 Å². The second-order valence-electron chi connectivity index (χ2n) is 4.49. The van der Waals surface area contributed by atoms with E-state index in [0.29, 0.717) is 0 Å². The van der Waals surface area contributed by atoms with Crippen molar-refractivity contribution in [3.63, 3.8) is 0 Å². The average Bonchev–Trinajstić information content (AvgIpc) is 2.34. The SMILES string of the molecule is CNCc1ccccc1-c1ccc(C)c(C)c1. The summed E-state index contributed by atoms with van der Waals surface area (Å²) >= 11 is 0. The molecule has 0 saturated carbocycles. The van der Waals surface area contributed by atoms with Crippen LogP contribution in [0.25, 0.3) is 11.1 Å². The van der Waals surface area contributed by atoms with Gasteiger partial charge < -0.3 is 5.32 Å². The van der Waals surface area contributed by atoms with Crippen LogP contribution in [0.15, 0.2) is 42.5 Å². The molecular weight excluding hydrogens is 206 g/mol. The molecule has 0 bridgehead atoms. The predicted octanol–water partition coefficient (Wildman–Crippen LogP) is 3.69. The molecule has 17 heavy (non-hydrogen) atoms. The van der Waals surface area contributed by atoms with Gasteiger partial charge >= 0.3 is 0 Å². The summed E-state index contributed by atoms with van der Waals surface area (Å²) in [6.45, 7) is 5.22. The molecule has 0 heterocycles. The van der Waals surface area contributed by atoms with Crippen LogP contribution in [0.2, 0.25) is 0 Å². The standard InChI is InChI=1S/C16H19N/c1-12-8-9-14(10-13(12)2)16-7-5-4-6-15(16)11-17-3/h4-10,17H,11H2,1-3H3. The van der Waals surface area contributed by atoms with Crippen LogP contribution in [0.1, 0.15) is 16.7 Å². The Labute approximate surface area is 103 Å². The number of hydrogen-bond donors (Lipinski definition) is 1. The molecule has 2 aromatic rings. The van der Waals surface area contributed by atoms with Crippen molar-refractivity contribution in [2.75, 3.05) is 7.05 Å². The highest BCUT2D eigenvalue weighted by Crippen LogP contribution is 2.25. The van der Waals surface area contributed by atoms with Crippen LogP contribution in [0.4, 0.5) is 0 Å². The Morgan fingerprint density at radius 2 is 1.71 bits per heavy atom. The van der Waals surface area contributed by atoms with Crippen molar-refractivity contribution >= 4 is 0 Å². The van der Waals surface area contributed by atoms with E-state index in [1.165, 1.54) is 27.8 Å². The number of nitrogens with one attached hydrogen (secondary N) is 1. The van der Waals surface area contributed by atoms with Crippen LogP contribution >= 0.6 is 0 Å². The molecule has 0 unspecified atom stereocenters. The first-order valence-electron chi connectivity index (χ1n) is 6.02. The normalized spacial score (nSPS) is 10.5. The van der Waals surface area contributed by atoms with Gasteiger partial charge in [-0.1, -0.05) is 42.5 Å². The Morgan fingerprint density at radius 3 is 2.41 bits per heavy atom. The highest BCUT2D eigenvalue weighted by Gasteiger charge is 2.04. The molecule has 0 aliphatic rings. The van der Waals surface area contributed by atoms with Gasteiger partial charge in [-0.2, -0.15) is 0 Å². The van der Waals surface area contributed by atoms with E-state index in [9.17, 15) is 0 Å². The van der Waals surface area contributed by atoms with Gasteiger partial charge in [0, 0.05) is 6.54 Å². The average molecular weight is 225 g/mol. The molecule has 1 N–H and O–H groups in total.